The largest absolute Gasteiger partial charge is 0.245 e. The lowest BCUT2D eigenvalue weighted by Crippen LogP contribution is -2.02. The second-order valence-electron chi connectivity index (χ2n) is 2.19. The Bertz CT molecular complexity index is 338. The molecule has 0 aliphatic carbocycles. The van der Waals surface area contributed by atoms with Crippen LogP contribution in [-0.2, 0) is 15.5 Å². The van der Waals surface area contributed by atoms with Crippen molar-refractivity contribution in [3.05, 3.63) is 24.3 Å². The molecule has 66 valence electrons. The zero-order valence-corrected chi connectivity index (χ0v) is 7.72. The highest BCUT2D eigenvalue weighted by atomic mass is 35.7. The number of rotatable bonds is 3. The Hall–Kier alpha value is -0.680. The summed E-state index contributed by atoms with van der Waals surface area (Å²) in [4.78, 5) is 7.54. The summed E-state index contributed by atoms with van der Waals surface area (Å²) in [7, 11) is 1.60. The van der Waals surface area contributed by atoms with E-state index in [1.165, 1.54) is 6.33 Å². The first-order chi connectivity index (χ1) is 5.58. The fraction of sp³-hybridized carbons (Fsp3) is 0.333. The average molecular weight is 207 g/mol. The highest BCUT2D eigenvalue weighted by Crippen LogP contribution is 2.01. The number of halogens is 1. The fourth-order valence-electron chi connectivity index (χ4n) is 0.692. The third kappa shape index (κ3) is 3.64. The molecule has 6 heteroatoms. The minimum absolute atomic E-state index is 0.0917. The van der Waals surface area contributed by atoms with Gasteiger partial charge in [-0.15, -0.1) is 0 Å². The first-order valence-corrected chi connectivity index (χ1v) is 5.73. The van der Waals surface area contributed by atoms with E-state index < -0.39 is 9.05 Å². The zero-order valence-electron chi connectivity index (χ0n) is 6.14. The molecule has 0 atom stereocenters. The molecule has 0 radical (unpaired) electrons. The van der Waals surface area contributed by atoms with Crippen LogP contribution >= 0.6 is 10.7 Å². The van der Waals surface area contributed by atoms with E-state index in [1.54, 1.807) is 12.3 Å². The van der Waals surface area contributed by atoms with Crippen LogP contribution in [0.2, 0.25) is 0 Å². The van der Waals surface area contributed by atoms with Gasteiger partial charge in [0.25, 0.3) is 0 Å². The summed E-state index contributed by atoms with van der Waals surface area (Å²) in [6.45, 7) is 0. The molecular formula is C6H7ClN2O2S. The highest BCUT2D eigenvalue weighted by Gasteiger charge is 2.05. The minimum Gasteiger partial charge on any atom is -0.245 e. The van der Waals surface area contributed by atoms with Gasteiger partial charge in [0.1, 0.15) is 6.33 Å². The summed E-state index contributed by atoms with van der Waals surface area (Å²) in [6.07, 6.45) is 3.26. The van der Waals surface area contributed by atoms with Gasteiger partial charge in [-0.3, -0.25) is 0 Å². The smallest absolute Gasteiger partial charge is 0.232 e. The predicted octanol–water partition coefficient (Wildman–Crippen LogP) is 0.588. The van der Waals surface area contributed by atoms with Crippen LogP contribution in [-0.4, -0.2) is 24.1 Å². The van der Waals surface area contributed by atoms with Gasteiger partial charge in [0.15, 0.2) is 0 Å². The Morgan fingerprint density at radius 2 is 2.25 bits per heavy atom. The predicted molar refractivity (Wildman–Crippen MR) is 45.4 cm³/mol. The van der Waals surface area contributed by atoms with Crippen molar-refractivity contribution >= 4 is 19.7 Å². The van der Waals surface area contributed by atoms with Gasteiger partial charge >= 0.3 is 0 Å². The van der Waals surface area contributed by atoms with E-state index in [-0.39, 0.29) is 5.75 Å². The zero-order chi connectivity index (χ0) is 9.03. The van der Waals surface area contributed by atoms with Gasteiger partial charge in [-0.1, -0.05) is 0 Å². The summed E-state index contributed by atoms with van der Waals surface area (Å²) in [5.74, 6) is -0.0917. The van der Waals surface area contributed by atoms with Crippen LogP contribution in [0, 0.1) is 0 Å². The van der Waals surface area contributed by atoms with E-state index in [9.17, 15) is 8.42 Å². The van der Waals surface area contributed by atoms with Crippen LogP contribution in [0.15, 0.2) is 18.6 Å². The lowest BCUT2D eigenvalue weighted by Gasteiger charge is -1.95. The lowest BCUT2D eigenvalue weighted by molar-refractivity contribution is 0.608. The molecule has 0 amide bonds. The molecule has 4 nitrogen and oxygen atoms in total. The Kier molecular flexibility index (Phi) is 2.99. The summed E-state index contributed by atoms with van der Waals surface area (Å²) >= 11 is 0. The Morgan fingerprint density at radius 3 is 2.75 bits per heavy atom. The molecule has 0 aliphatic heterocycles. The Balaban J connectivity index is 2.56. The van der Waals surface area contributed by atoms with Crippen molar-refractivity contribution in [1.82, 2.24) is 9.97 Å². The summed E-state index contributed by atoms with van der Waals surface area (Å²) in [6, 6.07) is 1.65. The molecule has 0 N–H and O–H groups in total. The molecule has 0 spiro atoms. The van der Waals surface area contributed by atoms with Gasteiger partial charge in [0.2, 0.25) is 9.05 Å². The van der Waals surface area contributed by atoms with Crippen molar-refractivity contribution in [3.8, 4) is 0 Å². The Morgan fingerprint density at radius 1 is 1.50 bits per heavy atom. The van der Waals surface area contributed by atoms with E-state index in [0.717, 1.165) is 0 Å². The van der Waals surface area contributed by atoms with E-state index in [0.29, 0.717) is 12.1 Å². The van der Waals surface area contributed by atoms with Gasteiger partial charge < -0.3 is 0 Å². The maximum Gasteiger partial charge on any atom is 0.232 e. The van der Waals surface area contributed by atoms with Crippen LogP contribution in [0.3, 0.4) is 0 Å². The number of nitrogens with zero attached hydrogens (tertiary/aromatic N) is 2. The van der Waals surface area contributed by atoms with Gasteiger partial charge in [0.05, 0.1) is 5.75 Å². The quantitative estimate of drug-likeness (QED) is 0.680. The van der Waals surface area contributed by atoms with E-state index in [1.807, 2.05) is 0 Å². The normalized spacial score (nSPS) is 11.4. The fourth-order valence-corrected chi connectivity index (χ4v) is 1.38. The molecule has 1 aromatic heterocycles. The van der Waals surface area contributed by atoms with Crippen LogP contribution in [0.25, 0.3) is 0 Å². The summed E-state index contributed by atoms with van der Waals surface area (Å²) in [5, 5.41) is 0. The van der Waals surface area contributed by atoms with Crippen molar-refractivity contribution in [1.29, 1.82) is 0 Å². The summed E-state index contributed by atoms with van der Waals surface area (Å²) < 4.78 is 21.1. The molecule has 0 bridgehead atoms. The molecule has 1 aromatic rings. The third-order valence-electron chi connectivity index (χ3n) is 1.25. The third-order valence-corrected chi connectivity index (χ3v) is 2.40. The van der Waals surface area contributed by atoms with Crippen LogP contribution in [0.4, 0.5) is 0 Å². The molecule has 0 saturated carbocycles. The summed E-state index contributed by atoms with van der Waals surface area (Å²) in [5.41, 5.74) is 0.675. The Labute approximate surface area is 75.0 Å². The van der Waals surface area contributed by atoms with E-state index in [2.05, 4.69) is 9.97 Å². The second kappa shape index (κ2) is 3.82. The van der Waals surface area contributed by atoms with Crippen LogP contribution in [0.1, 0.15) is 5.69 Å². The lowest BCUT2D eigenvalue weighted by atomic mass is 10.3. The number of hydrogen-bond acceptors (Lipinski definition) is 4. The molecule has 0 aromatic carbocycles. The minimum atomic E-state index is -3.41. The monoisotopic (exact) mass is 206 g/mol. The maximum absolute atomic E-state index is 10.5. The van der Waals surface area contributed by atoms with Crippen molar-refractivity contribution < 1.29 is 8.42 Å². The first kappa shape index (κ1) is 9.41. The number of aryl methyl sites for hydroxylation is 1. The molecule has 0 fully saturated rings. The highest BCUT2D eigenvalue weighted by molar-refractivity contribution is 8.13. The van der Waals surface area contributed by atoms with Crippen molar-refractivity contribution in [2.75, 3.05) is 5.75 Å². The van der Waals surface area contributed by atoms with Crippen molar-refractivity contribution in [2.24, 2.45) is 0 Å². The molecule has 1 heterocycles. The topological polar surface area (TPSA) is 59.9 Å². The van der Waals surface area contributed by atoms with Gasteiger partial charge in [0, 0.05) is 29.0 Å². The molecule has 12 heavy (non-hydrogen) atoms. The van der Waals surface area contributed by atoms with Crippen LogP contribution < -0.4 is 0 Å². The van der Waals surface area contributed by atoms with Gasteiger partial charge in [-0.25, -0.2) is 18.4 Å². The van der Waals surface area contributed by atoms with Gasteiger partial charge in [-0.05, 0) is 6.07 Å². The molecule has 1 rings (SSSR count). The standard InChI is InChI=1S/C6H7ClN2O2S/c7-12(10,11)4-2-6-1-3-8-5-9-6/h1,3,5H,2,4H2. The average Bonchev–Trinajstić information content (AvgIpc) is 2.02. The first-order valence-electron chi connectivity index (χ1n) is 3.25. The van der Waals surface area contributed by atoms with E-state index in [4.69, 9.17) is 10.7 Å². The molecule has 0 aliphatic rings. The number of hydrogen-bond donors (Lipinski definition) is 0. The van der Waals surface area contributed by atoms with Gasteiger partial charge in [-0.2, -0.15) is 0 Å². The number of aromatic nitrogens is 2. The SMILES string of the molecule is O=S(=O)(Cl)CCc1ccncn1. The van der Waals surface area contributed by atoms with E-state index >= 15 is 0 Å². The van der Waals surface area contributed by atoms with Crippen LogP contribution in [0.5, 0.6) is 0 Å². The van der Waals surface area contributed by atoms with Crippen molar-refractivity contribution in [2.45, 2.75) is 6.42 Å². The molecule has 0 unspecified atom stereocenters. The van der Waals surface area contributed by atoms with Crippen molar-refractivity contribution in [3.63, 3.8) is 0 Å². The molecule has 0 saturated heterocycles. The maximum atomic E-state index is 10.5. The second-order valence-corrected chi connectivity index (χ2v) is 5.09. The molecular weight excluding hydrogens is 200 g/mol.